The Morgan fingerprint density at radius 2 is 2.15 bits per heavy atom. The number of rotatable bonds is 6. The number of benzene rings is 1. The van der Waals surface area contributed by atoms with Crippen molar-refractivity contribution in [3.8, 4) is 11.8 Å². The van der Waals surface area contributed by atoms with Crippen LogP contribution in [0.25, 0.3) is 0 Å². The molecule has 0 aliphatic heterocycles. The molecule has 0 radical (unpaired) electrons. The molecule has 1 amide bonds. The summed E-state index contributed by atoms with van der Waals surface area (Å²) in [7, 11) is 0. The van der Waals surface area contributed by atoms with Gasteiger partial charge in [0.1, 0.15) is 0 Å². The van der Waals surface area contributed by atoms with Gasteiger partial charge in [-0.25, -0.2) is 0 Å². The molecule has 2 N–H and O–H groups in total. The summed E-state index contributed by atoms with van der Waals surface area (Å²) in [5.41, 5.74) is 2.75. The number of nitrogens with one attached hydrogen (secondary N) is 1. The Labute approximate surface area is 121 Å². The molecular formula is C17H23NO2. The number of aliphatic hydroxyl groups is 1. The van der Waals surface area contributed by atoms with Crippen LogP contribution in [0.2, 0.25) is 0 Å². The van der Waals surface area contributed by atoms with Crippen LogP contribution in [0.1, 0.15) is 50.2 Å². The predicted molar refractivity (Wildman–Crippen MR) is 82.5 cm³/mol. The molecule has 0 saturated carbocycles. The lowest BCUT2D eigenvalue weighted by Gasteiger charge is -2.07. The third-order valence-corrected chi connectivity index (χ3v) is 2.99. The second kappa shape index (κ2) is 9.17. The smallest absolute Gasteiger partial charge is 0.224 e. The van der Waals surface area contributed by atoms with Gasteiger partial charge in [0.2, 0.25) is 5.91 Å². The van der Waals surface area contributed by atoms with Crippen LogP contribution in [-0.4, -0.2) is 17.6 Å². The Kier molecular flexibility index (Phi) is 7.46. The topological polar surface area (TPSA) is 49.3 Å². The van der Waals surface area contributed by atoms with Crippen molar-refractivity contribution in [2.45, 2.75) is 46.0 Å². The Balaban J connectivity index is 2.65. The summed E-state index contributed by atoms with van der Waals surface area (Å²) in [4.78, 5) is 11.8. The van der Waals surface area contributed by atoms with Gasteiger partial charge in [-0.15, -0.1) is 0 Å². The van der Waals surface area contributed by atoms with E-state index in [2.05, 4.69) is 24.1 Å². The van der Waals surface area contributed by atoms with E-state index < -0.39 is 0 Å². The molecule has 0 heterocycles. The first-order valence-corrected chi connectivity index (χ1v) is 7.17. The Hall–Kier alpha value is -1.79. The number of amides is 1. The van der Waals surface area contributed by atoms with E-state index in [1.54, 1.807) is 0 Å². The molecule has 108 valence electrons. The highest BCUT2D eigenvalue weighted by Gasteiger charge is 2.03. The summed E-state index contributed by atoms with van der Waals surface area (Å²) in [6, 6.07) is 5.73. The van der Waals surface area contributed by atoms with E-state index in [9.17, 15) is 4.79 Å². The predicted octanol–water partition coefficient (Wildman–Crippen LogP) is 3.25. The fourth-order valence-electron chi connectivity index (χ4n) is 1.81. The standard InChI is InChI=1S/C17H23NO2/c1-3-4-5-9-17(20)18-16-11-10-14(2)15(13-16)8-6-7-12-19/h10-11,13,19H,3-5,7,9,12H2,1-2H3,(H,18,20). The zero-order valence-corrected chi connectivity index (χ0v) is 12.3. The molecule has 0 aromatic heterocycles. The number of carbonyl (C=O) groups excluding carboxylic acids is 1. The summed E-state index contributed by atoms with van der Waals surface area (Å²) in [5, 5.41) is 11.6. The van der Waals surface area contributed by atoms with Crippen molar-refractivity contribution in [3.63, 3.8) is 0 Å². The molecule has 1 aromatic carbocycles. The van der Waals surface area contributed by atoms with Gasteiger partial charge >= 0.3 is 0 Å². The summed E-state index contributed by atoms with van der Waals surface area (Å²) < 4.78 is 0. The van der Waals surface area contributed by atoms with Crippen molar-refractivity contribution in [1.82, 2.24) is 0 Å². The van der Waals surface area contributed by atoms with E-state index >= 15 is 0 Å². The highest BCUT2D eigenvalue weighted by molar-refractivity contribution is 5.90. The lowest BCUT2D eigenvalue weighted by molar-refractivity contribution is -0.116. The van der Waals surface area contributed by atoms with Crippen LogP contribution in [0.15, 0.2) is 18.2 Å². The average molecular weight is 273 g/mol. The number of aliphatic hydroxyl groups excluding tert-OH is 1. The monoisotopic (exact) mass is 273 g/mol. The minimum atomic E-state index is 0.0524. The van der Waals surface area contributed by atoms with Crippen molar-refractivity contribution < 1.29 is 9.90 Å². The highest BCUT2D eigenvalue weighted by atomic mass is 16.2. The first-order chi connectivity index (χ1) is 9.67. The van der Waals surface area contributed by atoms with Gasteiger partial charge in [0.15, 0.2) is 0 Å². The van der Waals surface area contributed by atoms with Crippen LogP contribution < -0.4 is 5.32 Å². The van der Waals surface area contributed by atoms with Crippen LogP contribution in [0.4, 0.5) is 5.69 Å². The van der Waals surface area contributed by atoms with Crippen molar-refractivity contribution in [1.29, 1.82) is 0 Å². The molecule has 0 aliphatic rings. The zero-order chi connectivity index (χ0) is 14.8. The molecule has 0 saturated heterocycles. The van der Waals surface area contributed by atoms with Gasteiger partial charge in [0.05, 0.1) is 6.61 Å². The zero-order valence-electron chi connectivity index (χ0n) is 12.3. The number of hydrogen-bond acceptors (Lipinski definition) is 2. The van der Waals surface area contributed by atoms with Gasteiger partial charge < -0.3 is 10.4 Å². The van der Waals surface area contributed by atoms with Crippen molar-refractivity contribution in [2.24, 2.45) is 0 Å². The largest absolute Gasteiger partial charge is 0.395 e. The molecule has 1 aromatic rings. The van der Waals surface area contributed by atoms with E-state index in [1.165, 1.54) is 0 Å². The molecule has 0 unspecified atom stereocenters. The highest BCUT2D eigenvalue weighted by Crippen LogP contribution is 2.15. The number of carbonyl (C=O) groups is 1. The lowest BCUT2D eigenvalue weighted by Crippen LogP contribution is -2.11. The SMILES string of the molecule is CCCCCC(=O)Nc1ccc(C)c(C#CCCO)c1. The molecule has 3 heteroatoms. The number of anilines is 1. The van der Waals surface area contributed by atoms with Gasteiger partial charge in [-0.2, -0.15) is 0 Å². The van der Waals surface area contributed by atoms with Crippen molar-refractivity contribution in [2.75, 3.05) is 11.9 Å². The fraction of sp³-hybridized carbons (Fsp3) is 0.471. The maximum atomic E-state index is 11.8. The number of hydrogen-bond donors (Lipinski definition) is 2. The van der Waals surface area contributed by atoms with Crippen LogP contribution in [0.5, 0.6) is 0 Å². The molecule has 1 rings (SSSR count). The molecule has 0 aliphatic carbocycles. The molecule has 0 spiro atoms. The first kappa shape index (κ1) is 16.3. The van der Waals surface area contributed by atoms with E-state index in [1.807, 2.05) is 25.1 Å². The summed E-state index contributed by atoms with van der Waals surface area (Å²) in [6.07, 6.45) is 4.15. The van der Waals surface area contributed by atoms with Crippen molar-refractivity contribution >= 4 is 11.6 Å². The molecule has 0 atom stereocenters. The van der Waals surface area contributed by atoms with Crippen LogP contribution in [0.3, 0.4) is 0 Å². The third kappa shape index (κ3) is 5.90. The van der Waals surface area contributed by atoms with Gasteiger partial charge in [-0.05, 0) is 31.0 Å². The van der Waals surface area contributed by atoms with Crippen molar-refractivity contribution in [3.05, 3.63) is 29.3 Å². The molecule has 20 heavy (non-hydrogen) atoms. The second-order valence-corrected chi connectivity index (χ2v) is 4.81. The Morgan fingerprint density at radius 3 is 2.85 bits per heavy atom. The second-order valence-electron chi connectivity index (χ2n) is 4.81. The van der Waals surface area contributed by atoms with Gasteiger partial charge in [-0.3, -0.25) is 4.79 Å². The van der Waals surface area contributed by atoms with Crippen LogP contribution in [0, 0.1) is 18.8 Å². The fourth-order valence-corrected chi connectivity index (χ4v) is 1.81. The average Bonchev–Trinajstić information content (AvgIpc) is 2.43. The molecular weight excluding hydrogens is 250 g/mol. The number of unbranched alkanes of at least 4 members (excludes halogenated alkanes) is 2. The quantitative estimate of drug-likeness (QED) is 0.617. The lowest BCUT2D eigenvalue weighted by atomic mass is 10.1. The van der Waals surface area contributed by atoms with E-state index in [-0.39, 0.29) is 12.5 Å². The third-order valence-electron chi connectivity index (χ3n) is 2.99. The van der Waals surface area contributed by atoms with Gasteiger partial charge in [0.25, 0.3) is 0 Å². The molecule has 0 bridgehead atoms. The summed E-state index contributed by atoms with van der Waals surface area (Å²) in [6.45, 7) is 4.17. The maximum Gasteiger partial charge on any atom is 0.224 e. The minimum Gasteiger partial charge on any atom is -0.395 e. The van der Waals surface area contributed by atoms with E-state index in [0.29, 0.717) is 12.8 Å². The van der Waals surface area contributed by atoms with Crippen LogP contribution >= 0.6 is 0 Å². The Morgan fingerprint density at radius 1 is 1.35 bits per heavy atom. The summed E-state index contributed by atoms with van der Waals surface area (Å²) in [5.74, 6) is 5.97. The Bertz CT molecular complexity index is 497. The van der Waals surface area contributed by atoms with Crippen LogP contribution in [-0.2, 0) is 4.79 Å². The van der Waals surface area contributed by atoms with Gasteiger partial charge in [0, 0.05) is 24.1 Å². The van der Waals surface area contributed by atoms with Gasteiger partial charge in [-0.1, -0.05) is 37.7 Å². The first-order valence-electron chi connectivity index (χ1n) is 7.17. The minimum absolute atomic E-state index is 0.0524. The number of aryl methyl sites for hydroxylation is 1. The summed E-state index contributed by atoms with van der Waals surface area (Å²) >= 11 is 0. The van der Waals surface area contributed by atoms with E-state index in [4.69, 9.17) is 5.11 Å². The normalized spacial score (nSPS) is 9.75. The molecule has 3 nitrogen and oxygen atoms in total. The maximum absolute atomic E-state index is 11.8. The van der Waals surface area contributed by atoms with E-state index in [0.717, 1.165) is 36.1 Å². The molecule has 0 fully saturated rings.